The first-order chi connectivity index (χ1) is 14.8. The zero-order valence-electron chi connectivity index (χ0n) is 18.5. The van der Waals surface area contributed by atoms with Gasteiger partial charge in [-0.15, -0.1) is 0 Å². The summed E-state index contributed by atoms with van der Waals surface area (Å²) < 4.78 is 7.94. The van der Waals surface area contributed by atoms with Crippen molar-refractivity contribution in [3.63, 3.8) is 0 Å². The van der Waals surface area contributed by atoms with Crippen molar-refractivity contribution in [1.29, 1.82) is 0 Å². The van der Waals surface area contributed by atoms with E-state index < -0.39 is 5.60 Å². The normalized spacial score (nSPS) is 35.6. The van der Waals surface area contributed by atoms with Gasteiger partial charge in [-0.3, -0.25) is 0 Å². The zero-order chi connectivity index (χ0) is 21.5. The van der Waals surface area contributed by atoms with Crippen LogP contribution in [0, 0.1) is 11.3 Å². The molecular weight excluding hydrogens is 390 g/mol. The highest BCUT2D eigenvalue weighted by atomic mass is 16.6. The maximum atomic E-state index is 12.8. The molecule has 2 bridgehead atoms. The van der Waals surface area contributed by atoms with Crippen LogP contribution in [0.2, 0.25) is 0 Å². The Hall–Kier alpha value is -2.34. The van der Waals surface area contributed by atoms with Crippen molar-refractivity contribution in [3.05, 3.63) is 42.4 Å². The number of imidazole rings is 1. The SMILES string of the molecule is CC(C)(C)OC(=O)N1C2CCC1CC1(CC(C3c4ccccc4-c4cncn43)C1O)C2. The Morgan fingerprint density at radius 2 is 1.87 bits per heavy atom. The first-order valence-corrected chi connectivity index (χ1v) is 11.6. The Balaban J connectivity index is 1.23. The van der Waals surface area contributed by atoms with Crippen LogP contribution in [-0.4, -0.2) is 49.4 Å². The number of carbonyl (C=O) groups is 1. The van der Waals surface area contributed by atoms with Gasteiger partial charge >= 0.3 is 6.09 Å². The number of carbonyl (C=O) groups excluding carboxylic acids is 1. The summed E-state index contributed by atoms with van der Waals surface area (Å²) in [5.41, 5.74) is 3.12. The van der Waals surface area contributed by atoms with Crippen LogP contribution < -0.4 is 0 Å². The van der Waals surface area contributed by atoms with Crippen LogP contribution in [0.1, 0.15) is 64.5 Å². The van der Waals surface area contributed by atoms with Gasteiger partial charge in [0.25, 0.3) is 0 Å². The minimum atomic E-state index is -0.481. The third-order valence-electron chi connectivity index (χ3n) is 8.11. The van der Waals surface area contributed by atoms with Crippen molar-refractivity contribution in [2.45, 2.75) is 82.7 Å². The van der Waals surface area contributed by atoms with Crippen LogP contribution in [0.25, 0.3) is 11.3 Å². The largest absolute Gasteiger partial charge is 0.444 e. The standard InChI is InChI=1S/C25H31N3O3/c1-24(2,3)31-23(30)28-15-8-9-16(28)11-25(10-15)12-19(22(25)29)21-18-7-5-4-6-17(18)20-13-26-14-27(20)21/h4-7,13-16,19,21-22,29H,8-12H2,1-3H3. The number of aliphatic hydroxyl groups excluding tert-OH is 1. The van der Waals surface area contributed by atoms with Crippen LogP contribution in [0.15, 0.2) is 36.8 Å². The van der Waals surface area contributed by atoms with E-state index in [0.717, 1.165) is 37.8 Å². The van der Waals surface area contributed by atoms with Crippen molar-refractivity contribution >= 4 is 6.09 Å². The molecule has 5 atom stereocenters. The fourth-order valence-corrected chi connectivity index (χ4v) is 6.99. The number of nitrogens with zero attached hydrogens (tertiary/aromatic N) is 3. The topological polar surface area (TPSA) is 67.6 Å². The van der Waals surface area contributed by atoms with Gasteiger partial charge < -0.3 is 19.3 Å². The van der Waals surface area contributed by atoms with E-state index in [1.165, 1.54) is 11.1 Å². The van der Waals surface area contributed by atoms with Gasteiger partial charge in [0.15, 0.2) is 0 Å². The molecule has 6 nitrogen and oxygen atoms in total. The van der Waals surface area contributed by atoms with E-state index >= 15 is 0 Å². The average Bonchev–Trinajstić information content (AvgIpc) is 3.37. The number of benzene rings is 1. The van der Waals surface area contributed by atoms with Gasteiger partial charge in [0.05, 0.1) is 30.4 Å². The molecule has 2 aromatic rings. The monoisotopic (exact) mass is 421 g/mol. The highest BCUT2D eigenvalue weighted by Gasteiger charge is 2.63. The summed E-state index contributed by atoms with van der Waals surface area (Å²) in [6, 6.07) is 9.03. The van der Waals surface area contributed by atoms with Crippen LogP contribution >= 0.6 is 0 Å². The summed E-state index contributed by atoms with van der Waals surface area (Å²) in [5, 5.41) is 11.5. The Morgan fingerprint density at radius 1 is 1.16 bits per heavy atom. The number of hydrogen-bond acceptors (Lipinski definition) is 4. The molecule has 1 amide bonds. The Morgan fingerprint density at radius 3 is 2.55 bits per heavy atom. The first-order valence-electron chi connectivity index (χ1n) is 11.6. The average molecular weight is 422 g/mol. The molecule has 1 aromatic heterocycles. The maximum Gasteiger partial charge on any atom is 0.410 e. The third kappa shape index (κ3) is 2.73. The number of fused-ring (bicyclic) bond motifs is 5. The molecule has 3 fully saturated rings. The van der Waals surface area contributed by atoms with E-state index in [-0.39, 0.29) is 41.7 Å². The molecular formula is C25H31N3O3. The molecule has 4 heterocycles. The fourth-order valence-electron chi connectivity index (χ4n) is 6.99. The lowest BCUT2D eigenvalue weighted by atomic mass is 9.51. The van der Waals surface area contributed by atoms with E-state index in [1.54, 1.807) is 0 Å². The minimum absolute atomic E-state index is 0.0761. The second-order valence-corrected chi connectivity index (χ2v) is 11.1. The molecule has 1 saturated carbocycles. The summed E-state index contributed by atoms with van der Waals surface area (Å²) in [5.74, 6) is 0.184. The van der Waals surface area contributed by atoms with Crippen LogP contribution in [-0.2, 0) is 4.74 Å². The van der Waals surface area contributed by atoms with Crippen molar-refractivity contribution in [2.75, 3.05) is 0 Å². The maximum absolute atomic E-state index is 12.8. The molecule has 164 valence electrons. The molecule has 4 aliphatic rings. The fraction of sp³-hybridized carbons (Fsp3) is 0.600. The van der Waals surface area contributed by atoms with E-state index in [9.17, 15) is 9.90 Å². The number of rotatable bonds is 1. The summed E-state index contributed by atoms with van der Waals surface area (Å²) in [7, 11) is 0. The third-order valence-corrected chi connectivity index (χ3v) is 8.11. The van der Waals surface area contributed by atoms with E-state index in [1.807, 2.05) is 38.2 Å². The predicted molar refractivity (Wildman–Crippen MR) is 116 cm³/mol. The van der Waals surface area contributed by atoms with E-state index in [4.69, 9.17) is 4.74 Å². The van der Waals surface area contributed by atoms with E-state index in [0.29, 0.717) is 0 Å². The molecule has 1 aromatic carbocycles. The number of amides is 1. The molecule has 2 saturated heterocycles. The summed E-state index contributed by atoms with van der Waals surface area (Å²) in [6.07, 6.45) is 8.08. The molecule has 0 radical (unpaired) electrons. The van der Waals surface area contributed by atoms with Crippen molar-refractivity contribution < 1.29 is 14.6 Å². The highest BCUT2D eigenvalue weighted by molar-refractivity contribution is 5.70. The summed E-state index contributed by atoms with van der Waals surface area (Å²) in [6.45, 7) is 5.76. The Labute approximate surface area is 183 Å². The van der Waals surface area contributed by atoms with Gasteiger partial charge in [-0.25, -0.2) is 9.78 Å². The molecule has 1 aliphatic carbocycles. The smallest absolute Gasteiger partial charge is 0.410 e. The second kappa shape index (κ2) is 6.35. The number of aliphatic hydroxyl groups is 1. The molecule has 3 aliphatic heterocycles. The molecule has 1 spiro atoms. The van der Waals surface area contributed by atoms with Crippen molar-refractivity contribution in [3.8, 4) is 11.3 Å². The van der Waals surface area contributed by atoms with Gasteiger partial charge in [0.2, 0.25) is 0 Å². The van der Waals surface area contributed by atoms with Gasteiger partial charge in [0.1, 0.15) is 5.60 Å². The van der Waals surface area contributed by atoms with Gasteiger partial charge in [-0.1, -0.05) is 24.3 Å². The second-order valence-electron chi connectivity index (χ2n) is 11.1. The zero-order valence-corrected chi connectivity index (χ0v) is 18.5. The van der Waals surface area contributed by atoms with Crippen molar-refractivity contribution in [2.24, 2.45) is 11.3 Å². The van der Waals surface area contributed by atoms with Gasteiger partial charge in [-0.2, -0.15) is 0 Å². The summed E-state index contributed by atoms with van der Waals surface area (Å²) in [4.78, 5) is 19.2. The Bertz CT molecular complexity index is 1020. The summed E-state index contributed by atoms with van der Waals surface area (Å²) >= 11 is 0. The first kappa shape index (κ1) is 19.4. The molecule has 6 rings (SSSR count). The van der Waals surface area contributed by atoms with Gasteiger partial charge in [-0.05, 0) is 58.4 Å². The molecule has 6 heteroatoms. The van der Waals surface area contributed by atoms with Crippen LogP contribution in [0.3, 0.4) is 0 Å². The Kier molecular flexibility index (Phi) is 3.96. The lowest BCUT2D eigenvalue weighted by Crippen LogP contribution is -2.62. The van der Waals surface area contributed by atoms with Crippen molar-refractivity contribution in [1.82, 2.24) is 14.5 Å². The lowest BCUT2D eigenvalue weighted by molar-refractivity contribution is -0.168. The van der Waals surface area contributed by atoms with Gasteiger partial charge in [0, 0.05) is 29.0 Å². The highest BCUT2D eigenvalue weighted by Crippen LogP contribution is 2.63. The quantitative estimate of drug-likeness (QED) is 0.742. The molecule has 5 unspecified atom stereocenters. The number of hydrogen-bond donors (Lipinski definition) is 1. The molecule has 1 N–H and O–H groups in total. The number of piperidine rings is 1. The predicted octanol–water partition coefficient (Wildman–Crippen LogP) is 4.38. The van der Waals surface area contributed by atoms with E-state index in [2.05, 4.69) is 33.8 Å². The van der Waals surface area contributed by atoms with Crippen LogP contribution in [0.4, 0.5) is 4.79 Å². The number of aromatic nitrogens is 2. The number of ether oxygens (including phenoxy) is 1. The molecule has 31 heavy (non-hydrogen) atoms. The minimum Gasteiger partial charge on any atom is -0.444 e. The lowest BCUT2D eigenvalue weighted by Gasteiger charge is -2.59. The van der Waals surface area contributed by atoms with Crippen LogP contribution in [0.5, 0.6) is 0 Å².